The van der Waals surface area contributed by atoms with E-state index in [2.05, 4.69) is 49.6 Å². The first-order valence-corrected chi connectivity index (χ1v) is 10.9. The number of aromatic nitrogens is 1. The molecule has 0 radical (unpaired) electrons. The highest BCUT2D eigenvalue weighted by molar-refractivity contribution is 7.15. The van der Waals surface area contributed by atoms with Crippen molar-refractivity contribution in [3.05, 3.63) is 34.3 Å². The summed E-state index contributed by atoms with van der Waals surface area (Å²) in [5, 5.41) is 11.9. The fourth-order valence-electron chi connectivity index (χ4n) is 3.68. The average molecular weight is 404 g/mol. The first-order valence-electron chi connectivity index (χ1n) is 10.1. The fraction of sp³-hybridized carbons (Fsp3) is 0.591. The summed E-state index contributed by atoms with van der Waals surface area (Å²) in [6.07, 6.45) is -0.597. The van der Waals surface area contributed by atoms with Gasteiger partial charge >= 0.3 is 0 Å². The minimum atomic E-state index is -0.597. The molecule has 0 amide bonds. The van der Waals surface area contributed by atoms with Crippen LogP contribution < -0.4 is 4.74 Å². The lowest BCUT2D eigenvalue weighted by Gasteiger charge is -2.38. The van der Waals surface area contributed by atoms with Gasteiger partial charge in [-0.1, -0.05) is 19.9 Å². The lowest BCUT2D eigenvalue weighted by atomic mass is 10.0. The van der Waals surface area contributed by atoms with Crippen LogP contribution in [0.3, 0.4) is 0 Å². The summed E-state index contributed by atoms with van der Waals surface area (Å²) in [6, 6.07) is 6.84. The molecule has 3 rings (SSSR count). The van der Waals surface area contributed by atoms with Crippen LogP contribution in [0.4, 0.5) is 0 Å². The summed E-state index contributed by atoms with van der Waals surface area (Å²) in [4.78, 5) is 10.3. The van der Waals surface area contributed by atoms with Gasteiger partial charge in [0.05, 0.1) is 23.2 Å². The monoisotopic (exact) mass is 403 g/mol. The standard InChI is InChI=1S/C22H33N3O2S/c1-14(2)17-7-8-19(27-6)18(13-17)21-23-16(5)20(28-21)22(26)25-11-9-24(10-12-25)15(3)4/h7-8,13-15,22,26H,9-12H2,1-6H3. The fourth-order valence-corrected chi connectivity index (χ4v) is 4.79. The van der Waals surface area contributed by atoms with Crippen molar-refractivity contribution in [3.63, 3.8) is 0 Å². The maximum atomic E-state index is 11.0. The molecule has 6 heteroatoms. The molecule has 0 saturated carbocycles. The molecule has 1 atom stereocenters. The van der Waals surface area contributed by atoms with Crippen molar-refractivity contribution in [3.8, 4) is 16.3 Å². The second-order valence-electron chi connectivity index (χ2n) is 8.12. The van der Waals surface area contributed by atoms with Gasteiger partial charge in [-0.15, -0.1) is 11.3 Å². The van der Waals surface area contributed by atoms with E-state index in [4.69, 9.17) is 9.72 Å². The Bertz CT molecular complexity index is 795. The van der Waals surface area contributed by atoms with Crippen LogP contribution in [0.5, 0.6) is 5.75 Å². The summed E-state index contributed by atoms with van der Waals surface area (Å²) in [7, 11) is 1.69. The van der Waals surface area contributed by atoms with Crippen molar-refractivity contribution < 1.29 is 9.84 Å². The first kappa shape index (κ1) is 21.2. The number of thiazole rings is 1. The van der Waals surface area contributed by atoms with E-state index >= 15 is 0 Å². The van der Waals surface area contributed by atoms with E-state index in [1.807, 2.05) is 13.0 Å². The van der Waals surface area contributed by atoms with Crippen LogP contribution in [-0.4, -0.2) is 59.2 Å². The van der Waals surface area contributed by atoms with E-state index < -0.39 is 6.23 Å². The molecule has 1 fully saturated rings. The van der Waals surface area contributed by atoms with Crippen LogP contribution in [0.2, 0.25) is 0 Å². The second kappa shape index (κ2) is 8.91. The predicted molar refractivity (Wildman–Crippen MR) is 116 cm³/mol. The number of methoxy groups -OCH3 is 1. The highest BCUT2D eigenvalue weighted by Crippen LogP contribution is 2.39. The van der Waals surface area contributed by atoms with E-state index in [9.17, 15) is 5.11 Å². The number of benzene rings is 1. The quantitative estimate of drug-likeness (QED) is 0.781. The third kappa shape index (κ3) is 4.40. The molecule has 5 nitrogen and oxygen atoms in total. The number of hydrogen-bond donors (Lipinski definition) is 1. The van der Waals surface area contributed by atoms with Crippen molar-refractivity contribution in [1.29, 1.82) is 0 Å². The molecule has 1 N–H and O–H groups in total. The minimum absolute atomic E-state index is 0.438. The Kier molecular flexibility index (Phi) is 6.76. The molecule has 0 aliphatic carbocycles. The van der Waals surface area contributed by atoms with Crippen LogP contribution >= 0.6 is 11.3 Å². The summed E-state index contributed by atoms with van der Waals surface area (Å²) >= 11 is 1.58. The summed E-state index contributed by atoms with van der Waals surface area (Å²) < 4.78 is 5.58. The number of aryl methyl sites for hydroxylation is 1. The van der Waals surface area contributed by atoms with Crippen LogP contribution in [0.15, 0.2) is 18.2 Å². The van der Waals surface area contributed by atoms with Crippen molar-refractivity contribution in [2.75, 3.05) is 33.3 Å². The maximum Gasteiger partial charge on any atom is 0.144 e. The smallest absolute Gasteiger partial charge is 0.144 e. The van der Waals surface area contributed by atoms with Gasteiger partial charge in [-0.3, -0.25) is 9.80 Å². The average Bonchev–Trinajstić information content (AvgIpc) is 3.08. The Morgan fingerprint density at radius 3 is 2.29 bits per heavy atom. The van der Waals surface area contributed by atoms with E-state index in [0.29, 0.717) is 12.0 Å². The number of ether oxygens (including phenoxy) is 1. The lowest BCUT2D eigenvalue weighted by molar-refractivity contribution is -0.0304. The summed E-state index contributed by atoms with van der Waals surface area (Å²) in [5.74, 6) is 1.26. The van der Waals surface area contributed by atoms with Gasteiger partial charge in [0, 0.05) is 32.2 Å². The normalized spacial score (nSPS) is 17.5. The summed E-state index contributed by atoms with van der Waals surface area (Å²) in [5.41, 5.74) is 3.16. The molecule has 2 heterocycles. The number of nitrogens with zero attached hydrogens (tertiary/aromatic N) is 3. The Balaban J connectivity index is 1.85. The van der Waals surface area contributed by atoms with E-state index in [0.717, 1.165) is 53.1 Å². The largest absolute Gasteiger partial charge is 0.496 e. The van der Waals surface area contributed by atoms with Crippen LogP contribution in [0, 0.1) is 6.92 Å². The van der Waals surface area contributed by atoms with Crippen LogP contribution in [0.25, 0.3) is 10.6 Å². The number of hydrogen-bond acceptors (Lipinski definition) is 6. The van der Waals surface area contributed by atoms with Crippen LogP contribution in [0.1, 0.15) is 56.0 Å². The highest BCUT2D eigenvalue weighted by Gasteiger charge is 2.28. The zero-order chi connectivity index (χ0) is 20.4. The van der Waals surface area contributed by atoms with Gasteiger partial charge in [-0.25, -0.2) is 4.98 Å². The number of aliphatic hydroxyl groups is 1. The molecule has 28 heavy (non-hydrogen) atoms. The Morgan fingerprint density at radius 2 is 1.71 bits per heavy atom. The minimum Gasteiger partial charge on any atom is -0.496 e. The van der Waals surface area contributed by atoms with Crippen molar-refractivity contribution in [1.82, 2.24) is 14.8 Å². The zero-order valence-corrected chi connectivity index (χ0v) is 18.7. The maximum absolute atomic E-state index is 11.0. The van der Waals surface area contributed by atoms with Gasteiger partial charge in [0.2, 0.25) is 0 Å². The van der Waals surface area contributed by atoms with Gasteiger partial charge in [0.15, 0.2) is 0 Å². The molecular formula is C22H33N3O2S. The van der Waals surface area contributed by atoms with Gasteiger partial charge in [-0.2, -0.15) is 0 Å². The Morgan fingerprint density at radius 1 is 1.07 bits per heavy atom. The molecule has 154 valence electrons. The lowest BCUT2D eigenvalue weighted by Crippen LogP contribution is -2.49. The first-order chi connectivity index (χ1) is 13.3. The Hall–Kier alpha value is -1.47. The van der Waals surface area contributed by atoms with Crippen molar-refractivity contribution in [2.24, 2.45) is 0 Å². The van der Waals surface area contributed by atoms with Gasteiger partial charge in [0.25, 0.3) is 0 Å². The molecule has 1 aliphatic rings. The third-order valence-corrected chi connectivity index (χ3v) is 6.84. The molecule has 1 aromatic heterocycles. The molecule has 1 saturated heterocycles. The molecule has 0 bridgehead atoms. The third-order valence-electron chi connectivity index (χ3n) is 5.61. The molecule has 0 spiro atoms. The second-order valence-corrected chi connectivity index (χ2v) is 9.15. The van der Waals surface area contributed by atoms with Gasteiger partial charge < -0.3 is 9.84 Å². The van der Waals surface area contributed by atoms with Crippen molar-refractivity contribution >= 4 is 11.3 Å². The molecule has 2 aromatic rings. The predicted octanol–water partition coefficient (Wildman–Crippen LogP) is 4.27. The Labute approximate surface area is 173 Å². The summed E-state index contributed by atoms with van der Waals surface area (Å²) in [6.45, 7) is 14.5. The molecule has 1 unspecified atom stereocenters. The number of piperazine rings is 1. The van der Waals surface area contributed by atoms with E-state index in [1.165, 1.54) is 5.56 Å². The molecule has 1 aliphatic heterocycles. The topological polar surface area (TPSA) is 48.8 Å². The highest BCUT2D eigenvalue weighted by atomic mass is 32.1. The van der Waals surface area contributed by atoms with E-state index in [1.54, 1.807) is 18.4 Å². The van der Waals surface area contributed by atoms with Crippen molar-refractivity contribution in [2.45, 2.75) is 52.8 Å². The van der Waals surface area contributed by atoms with Crippen LogP contribution in [-0.2, 0) is 0 Å². The van der Waals surface area contributed by atoms with Gasteiger partial charge in [-0.05, 0) is 44.4 Å². The SMILES string of the molecule is COc1ccc(C(C)C)cc1-c1nc(C)c(C(O)N2CCN(C(C)C)CC2)s1. The zero-order valence-electron chi connectivity index (χ0n) is 17.9. The van der Waals surface area contributed by atoms with E-state index in [-0.39, 0.29) is 0 Å². The number of rotatable bonds is 6. The van der Waals surface area contributed by atoms with Gasteiger partial charge in [0.1, 0.15) is 17.0 Å². The molecule has 1 aromatic carbocycles. The number of aliphatic hydroxyl groups excluding tert-OH is 1. The molecular weight excluding hydrogens is 370 g/mol.